The number of primary amides is 1. The zero-order chi connectivity index (χ0) is 12.1. The van der Waals surface area contributed by atoms with Gasteiger partial charge in [-0.1, -0.05) is 13.3 Å². The van der Waals surface area contributed by atoms with E-state index in [9.17, 15) is 9.59 Å². The molecule has 0 aromatic carbocycles. The Morgan fingerprint density at radius 2 is 2.19 bits per heavy atom. The molecule has 4 N–H and O–H groups in total. The third-order valence-corrected chi connectivity index (χ3v) is 3.28. The Morgan fingerprint density at radius 3 is 2.69 bits per heavy atom. The van der Waals surface area contributed by atoms with E-state index in [0.717, 1.165) is 12.8 Å². The lowest BCUT2D eigenvalue weighted by atomic mass is 10.0. The van der Waals surface area contributed by atoms with Gasteiger partial charge >= 0.3 is 0 Å². The van der Waals surface area contributed by atoms with Gasteiger partial charge < -0.3 is 16.4 Å². The molecule has 0 saturated carbocycles. The molecule has 2 unspecified atom stereocenters. The van der Waals surface area contributed by atoms with Crippen molar-refractivity contribution >= 4 is 11.8 Å². The van der Waals surface area contributed by atoms with Gasteiger partial charge in [0.15, 0.2) is 0 Å². The van der Waals surface area contributed by atoms with Crippen LogP contribution < -0.4 is 11.5 Å². The highest BCUT2D eigenvalue weighted by molar-refractivity contribution is 5.87. The van der Waals surface area contributed by atoms with E-state index < -0.39 is 11.9 Å². The largest absolute Gasteiger partial charge is 0.368 e. The molecule has 1 aliphatic heterocycles. The van der Waals surface area contributed by atoms with Crippen molar-refractivity contribution in [3.05, 3.63) is 0 Å². The minimum absolute atomic E-state index is 0.0126. The van der Waals surface area contributed by atoms with Crippen LogP contribution in [0.3, 0.4) is 0 Å². The van der Waals surface area contributed by atoms with Gasteiger partial charge in [-0.15, -0.1) is 0 Å². The summed E-state index contributed by atoms with van der Waals surface area (Å²) in [5, 5.41) is 0. The summed E-state index contributed by atoms with van der Waals surface area (Å²) in [6.07, 6.45) is 2.87. The first-order valence-electron chi connectivity index (χ1n) is 5.89. The fourth-order valence-corrected chi connectivity index (χ4v) is 2.12. The molecule has 2 atom stereocenters. The number of hydrogen-bond acceptors (Lipinski definition) is 3. The van der Waals surface area contributed by atoms with Gasteiger partial charge in [-0.2, -0.15) is 0 Å². The number of carbonyl (C=O) groups is 2. The van der Waals surface area contributed by atoms with Crippen LogP contribution in [0.25, 0.3) is 0 Å². The zero-order valence-corrected chi connectivity index (χ0v) is 9.82. The quantitative estimate of drug-likeness (QED) is 0.683. The molecule has 0 aromatic heterocycles. The van der Waals surface area contributed by atoms with Crippen LogP contribution in [-0.2, 0) is 9.59 Å². The summed E-state index contributed by atoms with van der Waals surface area (Å²) in [6, 6.07) is -0.400. The highest BCUT2D eigenvalue weighted by Crippen LogP contribution is 2.20. The van der Waals surface area contributed by atoms with Crippen molar-refractivity contribution in [2.24, 2.45) is 17.4 Å². The number of hydrogen-bond donors (Lipinski definition) is 2. The lowest BCUT2D eigenvalue weighted by molar-refractivity contribution is -0.138. The van der Waals surface area contributed by atoms with Gasteiger partial charge in [0.1, 0.15) is 6.04 Å². The number of amides is 2. The summed E-state index contributed by atoms with van der Waals surface area (Å²) < 4.78 is 0. The lowest BCUT2D eigenvalue weighted by Gasteiger charge is -2.24. The Morgan fingerprint density at radius 1 is 1.50 bits per heavy atom. The zero-order valence-electron chi connectivity index (χ0n) is 9.82. The average molecular weight is 227 g/mol. The molecule has 0 aliphatic carbocycles. The van der Waals surface area contributed by atoms with Crippen molar-refractivity contribution in [3.63, 3.8) is 0 Å². The van der Waals surface area contributed by atoms with Crippen molar-refractivity contribution in [3.8, 4) is 0 Å². The van der Waals surface area contributed by atoms with Gasteiger partial charge in [-0.05, 0) is 25.3 Å². The Kier molecular flexibility index (Phi) is 4.73. The molecule has 5 nitrogen and oxygen atoms in total. The molecule has 0 radical (unpaired) electrons. The second kappa shape index (κ2) is 5.84. The standard InChI is InChI=1S/C11H21N3O2/c1-2-8(7-12)6-10(15)14-5-3-4-9(14)11(13)16/h8-9H,2-7,12H2,1H3,(H2,13,16). The molecule has 1 aliphatic rings. The van der Waals surface area contributed by atoms with Crippen molar-refractivity contribution in [2.75, 3.05) is 13.1 Å². The molecule has 1 heterocycles. The van der Waals surface area contributed by atoms with E-state index in [1.165, 1.54) is 0 Å². The Labute approximate surface area is 96.1 Å². The first kappa shape index (κ1) is 13.0. The topological polar surface area (TPSA) is 89.4 Å². The van der Waals surface area contributed by atoms with E-state index >= 15 is 0 Å². The van der Waals surface area contributed by atoms with E-state index in [4.69, 9.17) is 11.5 Å². The smallest absolute Gasteiger partial charge is 0.240 e. The molecule has 1 rings (SSSR count). The highest BCUT2D eigenvalue weighted by Gasteiger charge is 2.32. The summed E-state index contributed by atoms with van der Waals surface area (Å²) in [6.45, 7) is 3.17. The molecule has 1 saturated heterocycles. The SMILES string of the molecule is CCC(CN)CC(=O)N1CCCC1C(N)=O. The van der Waals surface area contributed by atoms with Gasteiger partial charge in [0.05, 0.1) is 0 Å². The van der Waals surface area contributed by atoms with Crippen LogP contribution in [0.5, 0.6) is 0 Å². The van der Waals surface area contributed by atoms with Crippen molar-refractivity contribution in [1.29, 1.82) is 0 Å². The van der Waals surface area contributed by atoms with Gasteiger partial charge in [-0.25, -0.2) is 0 Å². The number of carbonyl (C=O) groups excluding carboxylic acids is 2. The van der Waals surface area contributed by atoms with E-state index in [-0.39, 0.29) is 11.8 Å². The number of likely N-dealkylation sites (tertiary alicyclic amines) is 1. The van der Waals surface area contributed by atoms with Crippen molar-refractivity contribution in [1.82, 2.24) is 4.90 Å². The van der Waals surface area contributed by atoms with E-state index in [2.05, 4.69) is 0 Å². The van der Waals surface area contributed by atoms with E-state index in [1.807, 2.05) is 6.92 Å². The van der Waals surface area contributed by atoms with Gasteiger partial charge in [0.25, 0.3) is 0 Å². The van der Waals surface area contributed by atoms with Gasteiger partial charge in [0, 0.05) is 13.0 Å². The molecule has 16 heavy (non-hydrogen) atoms. The van der Waals surface area contributed by atoms with Crippen LogP contribution in [0, 0.1) is 5.92 Å². The molecule has 1 fully saturated rings. The molecular weight excluding hydrogens is 206 g/mol. The first-order valence-corrected chi connectivity index (χ1v) is 5.89. The summed E-state index contributed by atoms with van der Waals surface area (Å²) in [5.74, 6) is -0.174. The number of rotatable bonds is 5. The molecule has 2 amide bonds. The maximum Gasteiger partial charge on any atom is 0.240 e. The predicted octanol–water partition coefficient (Wildman–Crippen LogP) is -0.162. The lowest BCUT2D eigenvalue weighted by Crippen LogP contribution is -2.44. The summed E-state index contributed by atoms with van der Waals surface area (Å²) in [7, 11) is 0. The average Bonchev–Trinajstić information content (AvgIpc) is 2.74. The number of nitrogens with zero attached hydrogens (tertiary/aromatic N) is 1. The van der Waals surface area contributed by atoms with Crippen molar-refractivity contribution < 1.29 is 9.59 Å². The molecule has 92 valence electrons. The maximum atomic E-state index is 12.0. The minimum atomic E-state index is -0.400. The predicted molar refractivity (Wildman–Crippen MR) is 61.4 cm³/mol. The Hall–Kier alpha value is -1.10. The number of nitrogens with two attached hydrogens (primary N) is 2. The third-order valence-electron chi connectivity index (χ3n) is 3.28. The van der Waals surface area contributed by atoms with Crippen LogP contribution in [-0.4, -0.2) is 35.8 Å². The first-order chi connectivity index (χ1) is 7.60. The van der Waals surface area contributed by atoms with Gasteiger partial charge in [0.2, 0.25) is 11.8 Å². The normalized spacial score (nSPS) is 22.1. The highest BCUT2D eigenvalue weighted by atomic mass is 16.2. The fourth-order valence-electron chi connectivity index (χ4n) is 2.12. The summed E-state index contributed by atoms with van der Waals surface area (Å²) >= 11 is 0. The van der Waals surface area contributed by atoms with E-state index in [1.54, 1.807) is 4.90 Å². The monoisotopic (exact) mass is 227 g/mol. The molecule has 0 aromatic rings. The van der Waals surface area contributed by atoms with Crippen molar-refractivity contribution in [2.45, 2.75) is 38.6 Å². The van der Waals surface area contributed by atoms with Crippen LogP contribution >= 0.6 is 0 Å². The van der Waals surface area contributed by atoms with Crippen LogP contribution in [0.4, 0.5) is 0 Å². The Bertz CT molecular complexity index is 264. The molecule has 0 spiro atoms. The van der Waals surface area contributed by atoms with Crippen LogP contribution in [0.15, 0.2) is 0 Å². The van der Waals surface area contributed by atoms with Crippen LogP contribution in [0.2, 0.25) is 0 Å². The van der Waals surface area contributed by atoms with Gasteiger partial charge in [-0.3, -0.25) is 9.59 Å². The second-order valence-corrected chi connectivity index (χ2v) is 4.36. The summed E-state index contributed by atoms with van der Waals surface area (Å²) in [5.41, 5.74) is 10.8. The van der Waals surface area contributed by atoms with Crippen LogP contribution in [0.1, 0.15) is 32.6 Å². The minimum Gasteiger partial charge on any atom is -0.368 e. The molecule has 5 heteroatoms. The molecular formula is C11H21N3O2. The summed E-state index contributed by atoms with van der Waals surface area (Å²) in [4.78, 5) is 24.7. The Balaban J connectivity index is 2.56. The maximum absolute atomic E-state index is 12.0. The molecule has 0 bridgehead atoms. The van der Waals surface area contributed by atoms with E-state index in [0.29, 0.717) is 25.9 Å². The second-order valence-electron chi connectivity index (χ2n) is 4.36. The third kappa shape index (κ3) is 2.95. The fraction of sp³-hybridized carbons (Fsp3) is 0.818.